The first-order chi connectivity index (χ1) is 21.1. The predicted octanol–water partition coefficient (Wildman–Crippen LogP) is 5.02. The number of amides is 2. The minimum absolute atomic E-state index is 0.0572. The molecule has 3 heterocycles. The van der Waals surface area contributed by atoms with Crippen LogP contribution in [0.3, 0.4) is 0 Å². The largest absolute Gasteiger partial charge is 0.451 e. The van der Waals surface area contributed by atoms with Gasteiger partial charge in [-0.05, 0) is 76.1 Å². The molecule has 0 bridgehead atoms. The third kappa shape index (κ3) is 6.62. The highest BCUT2D eigenvalue weighted by molar-refractivity contribution is 5.97. The lowest BCUT2D eigenvalue weighted by atomic mass is 9.86. The van der Waals surface area contributed by atoms with Gasteiger partial charge in [0.1, 0.15) is 17.9 Å². The monoisotopic (exact) mass is 603 g/mol. The lowest BCUT2D eigenvalue weighted by Gasteiger charge is -2.26. The van der Waals surface area contributed by atoms with Gasteiger partial charge in [-0.1, -0.05) is 6.07 Å². The molecule has 0 aliphatic carbocycles. The van der Waals surface area contributed by atoms with Gasteiger partial charge >= 0.3 is 0 Å². The van der Waals surface area contributed by atoms with Crippen LogP contribution in [-0.2, 0) is 11.3 Å². The first-order valence-corrected chi connectivity index (χ1v) is 15.2. The third-order valence-electron chi connectivity index (χ3n) is 8.97. The summed E-state index contributed by atoms with van der Waals surface area (Å²) < 4.78 is 20.5. The highest BCUT2D eigenvalue weighted by Crippen LogP contribution is 2.43. The van der Waals surface area contributed by atoms with E-state index in [1.165, 1.54) is 24.5 Å². The second-order valence-electron chi connectivity index (χ2n) is 12.2. The number of ether oxygens (including phenoxy) is 1. The van der Waals surface area contributed by atoms with Crippen molar-refractivity contribution in [2.75, 3.05) is 61.9 Å². The summed E-state index contributed by atoms with van der Waals surface area (Å²) in [5.41, 5.74) is 3.25. The quantitative estimate of drug-likeness (QED) is 0.306. The van der Waals surface area contributed by atoms with Gasteiger partial charge < -0.3 is 24.8 Å². The van der Waals surface area contributed by atoms with E-state index < -0.39 is 5.82 Å². The molecule has 1 unspecified atom stereocenters. The van der Waals surface area contributed by atoms with Crippen molar-refractivity contribution in [1.29, 1.82) is 0 Å². The number of hydrogen-bond donors (Lipinski definition) is 1. The van der Waals surface area contributed by atoms with Gasteiger partial charge in [0.05, 0.1) is 23.1 Å². The second kappa shape index (κ2) is 13.2. The number of halogens is 1. The van der Waals surface area contributed by atoms with Gasteiger partial charge in [0.15, 0.2) is 11.6 Å². The van der Waals surface area contributed by atoms with Crippen LogP contribution in [0, 0.1) is 11.2 Å². The number of hydrogen-bond acceptors (Lipinski definition) is 8. The van der Waals surface area contributed by atoms with Gasteiger partial charge in [-0.15, -0.1) is 0 Å². The molecular formula is C33H42FN7O3. The summed E-state index contributed by atoms with van der Waals surface area (Å²) in [7, 11) is 3.70. The first kappa shape index (κ1) is 31.2. The smallest absolute Gasteiger partial charge is 0.257 e. The fourth-order valence-corrected chi connectivity index (χ4v) is 6.15. The third-order valence-corrected chi connectivity index (χ3v) is 8.97. The highest BCUT2D eigenvalue weighted by Gasteiger charge is 2.44. The van der Waals surface area contributed by atoms with Crippen molar-refractivity contribution in [1.82, 2.24) is 19.8 Å². The molecule has 2 aliphatic heterocycles. The molecule has 0 radical (unpaired) electrons. The molecule has 1 aromatic heterocycles. The van der Waals surface area contributed by atoms with Crippen LogP contribution < -0.4 is 19.9 Å². The normalized spacial score (nSPS) is 18.2. The Balaban J connectivity index is 1.29. The summed E-state index contributed by atoms with van der Waals surface area (Å²) in [5, 5.41) is 2.86. The van der Waals surface area contributed by atoms with Crippen molar-refractivity contribution in [3.05, 3.63) is 65.9 Å². The molecule has 3 aromatic rings. The SMILES string of the molecule is CCN(C)c1ccc(CN2CCC3(CCN(c4ncncc4Oc4ccc(F)cc4C(=O)N(C)C(C)C)C3)C2)cc1NC=O. The zero-order chi connectivity index (χ0) is 31.4. The van der Waals surface area contributed by atoms with E-state index in [-0.39, 0.29) is 28.7 Å². The van der Waals surface area contributed by atoms with E-state index in [2.05, 4.69) is 55.1 Å². The van der Waals surface area contributed by atoms with Crippen LogP contribution in [0.15, 0.2) is 48.9 Å². The van der Waals surface area contributed by atoms with Crippen LogP contribution in [0.5, 0.6) is 11.5 Å². The van der Waals surface area contributed by atoms with Crippen molar-refractivity contribution >= 4 is 29.5 Å². The summed E-state index contributed by atoms with van der Waals surface area (Å²) in [4.78, 5) is 41.5. The molecular weight excluding hydrogens is 561 g/mol. The number of nitrogens with one attached hydrogen (secondary N) is 1. The summed E-state index contributed by atoms with van der Waals surface area (Å²) >= 11 is 0. The highest BCUT2D eigenvalue weighted by atomic mass is 19.1. The van der Waals surface area contributed by atoms with Crippen molar-refractivity contribution in [2.24, 2.45) is 5.41 Å². The number of nitrogens with zero attached hydrogens (tertiary/aromatic N) is 6. The minimum atomic E-state index is -0.505. The van der Waals surface area contributed by atoms with Crippen LogP contribution in [-0.4, -0.2) is 84.9 Å². The summed E-state index contributed by atoms with van der Waals surface area (Å²) in [6.07, 6.45) is 5.92. The van der Waals surface area contributed by atoms with Crippen LogP contribution >= 0.6 is 0 Å². The predicted molar refractivity (Wildman–Crippen MR) is 170 cm³/mol. The summed E-state index contributed by atoms with van der Waals surface area (Å²) in [5.74, 6) is 0.533. The van der Waals surface area contributed by atoms with Crippen molar-refractivity contribution in [2.45, 2.75) is 46.2 Å². The molecule has 2 amide bonds. The maximum Gasteiger partial charge on any atom is 0.257 e. The van der Waals surface area contributed by atoms with Crippen LogP contribution in [0.2, 0.25) is 0 Å². The molecule has 1 spiro atoms. The molecule has 5 rings (SSSR count). The van der Waals surface area contributed by atoms with Gasteiger partial charge in [-0.3, -0.25) is 14.5 Å². The molecule has 11 heteroatoms. The lowest BCUT2D eigenvalue weighted by Crippen LogP contribution is -2.33. The number of anilines is 3. The molecule has 2 aromatic carbocycles. The molecule has 10 nitrogen and oxygen atoms in total. The van der Waals surface area contributed by atoms with Crippen molar-refractivity contribution in [3.63, 3.8) is 0 Å². The van der Waals surface area contributed by atoms with Crippen molar-refractivity contribution in [3.8, 4) is 11.5 Å². The standard InChI is InChI=1S/C33H42FN7O3/c1-6-38(4)28-9-7-24(15-27(28)37-22-42)18-40-13-11-33(19-40)12-14-41(20-33)31-30(17-35-21-36-31)44-29-10-8-25(34)16-26(29)32(43)39(5)23(2)3/h7-10,15-17,21-23H,6,11-14,18-20H2,1-5H3,(H,37,42). The second-order valence-corrected chi connectivity index (χ2v) is 12.2. The fraction of sp³-hybridized carbons (Fsp3) is 0.455. The van der Waals surface area contributed by atoms with Gasteiger partial charge in [-0.25, -0.2) is 14.4 Å². The van der Waals surface area contributed by atoms with Gasteiger partial charge in [0.25, 0.3) is 5.91 Å². The maximum absolute atomic E-state index is 14.2. The topological polar surface area (TPSA) is 94.1 Å². The van der Waals surface area contributed by atoms with E-state index in [0.717, 1.165) is 75.5 Å². The molecule has 44 heavy (non-hydrogen) atoms. The average Bonchev–Trinajstić information content (AvgIpc) is 3.62. The lowest BCUT2D eigenvalue weighted by molar-refractivity contribution is -0.105. The Bertz CT molecular complexity index is 1500. The molecule has 0 saturated carbocycles. The molecule has 1 N–H and O–H groups in total. The Labute approximate surface area is 258 Å². The van der Waals surface area contributed by atoms with E-state index in [1.807, 2.05) is 20.9 Å². The zero-order valence-corrected chi connectivity index (χ0v) is 26.2. The number of carbonyl (C=O) groups excluding carboxylic acids is 2. The number of carbonyl (C=O) groups is 2. The summed E-state index contributed by atoms with van der Waals surface area (Å²) in [6, 6.07) is 10.2. The van der Waals surface area contributed by atoms with Gasteiger partial charge in [0.2, 0.25) is 6.41 Å². The Hall–Kier alpha value is -4.25. The maximum atomic E-state index is 14.2. The van der Waals surface area contributed by atoms with Gasteiger partial charge in [-0.2, -0.15) is 0 Å². The number of benzene rings is 2. The molecule has 234 valence electrons. The Morgan fingerprint density at radius 3 is 2.68 bits per heavy atom. The molecule has 2 aliphatic rings. The first-order valence-electron chi connectivity index (χ1n) is 15.2. The number of likely N-dealkylation sites (tertiary alicyclic amines) is 1. The fourth-order valence-electron chi connectivity index (χ4n) is 6.15. The Kier molecular flexibility index (Phi) is 9.33. The zero-order valence-electron chi connectivity index (χ0n) is 26.2. The average molecular weight is 604 g/mol. The number of rotatable bonds is 11. The van der Waals surface area contributed by atoms with Crippen LogP contribution in [0.25, 0.3) is 0 Å². The van der Waals surface area contributed by atoms with E-state index >= 15 is 0 Å². The minimum Gasteiger partial charge on any atom is -0.451 e. The number of aromatic nitrogens is 2. The summed E-state index contributed by atoms with van der Waals surface area (Å²) in [6.45, 7) is 11.1. The molecule has 1 atom stereocenters. The van der Waals surface area contributed by atoms with E-state index in [0.29, 0.717) is 11.6 Å². The van der Waals surface area contributed by atoms with E-state index in [4.69, 9.17) is 4.74 Å². The van der Waals surface area contributed by atoms with Gasteiger partial charge in [0, 0.05) is 58.3 Å². The van der Waals surface area contributed by atoms with E-state index in [9.17, 15) is 14.0 Å². The van der Waals surface area contributed by atoms with Crippen LogP contribution in [0.4, 0.5) is 21.6 Å². The Morgan fingerprint density at radius 1 is 1.14 bits per heavy atom. The van der Waals surface area contributed by atoms with Crippen molar-refractivity contribution < 1.29 is 18.7 Å². The molecule has 2 saturated heterocycles. The molecule has 2 fully saturated rings. The van der Waals surface area contributed by atoms with E-state index in [1.54, 1.807) is 18.1 Å². The van der Waals surface area contributed by atoms with Crippen LogP contribution in [0.1, 0.15) is 49.5 Å². The Morgan fingerprint density at radius 2 is 1.93 bits per heavy atom.